The normalized spacial score (nSPS) is 11.4. The predicted octanol–water partition coefficient (Wildman–Crippen LogP) is 3.88. The number of carbonyl (C=O) groups is 1. The Labute approximate surface area is 179 Å². The van der Waals surface area contributed by atoms with E-state index >= 15 is 0 Å². The molecule has 3 aromatic heterocycles. The van der Waals surface area contributed by atoms with Gasteiger partial charge in [0.2, 0.25) is 0 Å². The lowest BCUT2D eigenvalue weighted by Gasteiger charge is -2.11. The standard InChI is InChI=1S/C22H22N6O3/c1-22(2,3)21-26-20(31-27-21)16-6-5-11-23-18(16)28-12-17(24-13-28)19(29)25-14-7-9-15(30-4)10-8-14/h5-13H,1-4H3,(H,25,29). The van der Waals surface area contributed by atoms with Crippen LogP contribution >= 0.6 is 0 Å². The first-order valence-corrected chi connectivity index (χ1v) is 9.64. The summed E-state index contributed by atoms with van der Waals surface area (Å²) in [4.78, 5) is 25.8. The van der Waals surface area contributed by atoms with Crippen LogP contribution in [-0.4, -0.2) is 37.7 Å². The van der Waals surface area contributed by atoms with Crippen molar-refractivity contribution in [2.45, 2.75) is 26.2 Å². The summed E-state index contributed by atoms with van der Waals surface area (Å²) >= 11 is 0. The number of carbonyl (C=O) groups excluding carboxylic acids is 1. The van der Waals surface area contributed by atoms with Gasteiger partial charge < -0.3 is 14.6 Å². The zero-order valence-electron chi connectivity index (χ0n) is 17.7. The van der Waals surface area contributed by atoms with Crippen LogP contribution in [0.25, 0.3) is 17.3 Å². The van der Waals surface area contributed by atoms with Crippen LogP contribution < -0.4 is 10.1 Å². The van der Waals surface area contributed by atoms with E-state index in [1.54, 1.807) is 54.4 Å². The van der Waals surface area contributed by atoms with Gasteiger partial charge in [-0.1, -0.05) is 25.9 Å². The fraction of sp³-hybridized carbons (Fsp3) is 0.227. The molecule has 0 radical (unpaired) electrons. The molecule has 0 atom stereocenters. The SMILES string of the molecule is COc1ccc(NC(=O)c2cn(-c3ncccc3-c3nc(C(C)(C)C)no3)cn2)cc1. The Bertz CT molecular complexity index is 1200. The van der Waals surface area contributed by atoms with E-state index in [4.69, 9.17) is 9.26 Å². The maximum absolute atomic E-state index is 12.6. The van der Waals surface area contributed by atoms with E-state index in [1.165, 1.54) is 6.33 Å². The lowest BCUT2D eigenvalue weighted by Crippen LogP contribution is -2.13. The molecule has 9 heteroatoms. The molecule has 4 rings (SSSR count). The number of benzene rings is 1. The molecule has 9 nitrogen and oxygen atoms in total. The lowest BCUT2D eigenvalue weighted by molar-refractivity contribution is 0.102. The summed E-state index contributed by atoms with van der Waals surface area (Å²) in [5.74, 6) is 1.85. The minimum absolute atomic E-state index is 0.244. The van der Waals surface area contributed by atoms with Crippen molar-refractivity contribution in [2.24, 2.45) is 0 Å². The number of pyridine rings is 1. The predicted molar refractivity (Wildman–Crippen MR) is 114 cm³/mol. The van der Waals surface area contributed by atoms with Crippen molar-refractivity contribution in [3.8, 4) is 23.0 Å². The number of nitrogens with zero attached hydrogens (tertiary/aromatic N) is 5. The van der Waals surface area contributed by atoms with Crippen molar-refractivity contribution < 1.29 is 14.1 Å². The monoisotopic (exact) mass is 418 g/mol. The molecule has 0 unspecified atom stereocenters. The first-order chi connectivity index (χ1) is 14.8. The highest BCUT2D eigenvalue weighted by molar-refractivity contribution is 6.02. The molecule has 3 heterocycles. The van der Waals surface area contributed by atoms with Crippen LogP contribution in [0.3, 0.4) is 0 Å². The van der Waals surface area contributed by atoms with Crippen molar-refractivity contribution in [3.63, 3.8) is 0 Å². The van der Waals surface area contributed by atoms with Crippen molar-refractivity contribution >= 4 is 11.6 Å². The third-order valence-corrected chi connectivity index (χ3v) is 4.52. The van der Waals surface area contributed by atoms with Gasteiger partial charge in [-0.05, 0) is 36.4 Å². The summed E-state index contributed by atoms with van der Waals surface area (Å²) in [6.07, 6.45) is 4.78. The second-order valence-electron chi connectivity index (χ2n) is 7.90. The molecular formula is C22H22N6O3. The quantitative estimate of drug-likeness (QED) is 0.524. The highest BCUT2D eigenvalue weighted by Crippen LogP contribution is 2.27. The number of rotatable bonds is 5. The summed E-state index contributed by atoms with van der Waals surface area (Å²) < 4.78 is 12.2. The van der Waals surface area contributed by atoms with Gasteiger partial charge in [-0.2, -0.15) is 4.98 Å². The van der Waals surface area contributed by atoms with E-state index in [0.717, 1.165) is 0 Å². The Morgan fingerprint density at radius 2 is 1.90 bits per heavy atom. The van der Waals surface area contributed by atoms with Gasteiger partial charge >= 0.3 is 0 Å². The van der Waals surface area contributed by atoms with E-state index in [0.29, 0.717) is 34.5 Å². The second kappa shape index (κ2) is 8.02. The van der Waals surface area contributed by atoms with Gasteiger partial charge in [-0.3, -0.25) is 9.36 Å². The summed E-state index contributed by atoms with van der Waals surface area (Å²) in [5, 5.41) is 6.89. The summed E-state index contributed by atoms with van der Waals surface area (Å²) in [6.45, 7) is 6.03. The highest BCUT2D eigenvalue weighted by Gasteiger charge is 2.23. The molecule has 1 amide bonds. The van der Waals surface area contributed by atoms with Crippen LogP contribution in [0.15, 0.2) is 59.6 Å². The van der Waals surface area contributed by atoms with E-state index in [2.05, 4.69) is 25.4 Å². The van der Waals surface area contributed by atoms with Crippen molar-refractivity contribution in [1.82, 2.24) is 24.7 Å². The van der Waals surface area contributed by atoms with Gasteiger partial charge in [-0.25, -0.2) is 9.97 Å². The Hall–Kier alpha value is -4.01. The van der Waals surface area contributed by atoms with Crippen LogP contribution in [-0.2, 0) is 5.41 Å². The molecule has 0 aliphatic carbocycles. The minimum Gasteiger partial charge on any atom is -0.497 e. The van der Waals surface area contributed by atoms with Gasteiger partial charge in [-0.15, -0.1) is 0 Å². The third-order valence-electron chi connectivity index (χ3n) is 4.52. The molecule has 0 spiro atoms. The topological polar surface area (TPSA) is 108 Å². The van der Waals surface area contributed by atoms with E-state index in [1.807, 2.05) is 26.8 Å². The second-order valence-corrected chi connectivity index (χ2v) is 7.90. The summed E-state index contributed by atoms with van der Waals surface area (Å²) in [6, 6.07) is 10.7. The number of nitrogens with one attached hydrogen (secondary N) is 1. The number of ether oxygens (including phenoxy) is 1. The van der Waals surface area contributed by atoms with Gasteiger partial charge in [0.25, 0.3) is 11.8 Å². The molecule has 1 N–H and O–H groups in total. The minimum atomic E-state index is -0.339. The molecule has 0 fully saturated rings. The average molecular weight is 418 g/mol. The average Bonchev–Trinajstić information content (AvgIpc) is 3.44. The smallest absolute Gasteiger partial charge is 0.275 e. The number of aromatic nitrogens is 5. The molecule has 4 aromatic rings. The number of imidazole rings is 1. The largest absolute Gasteiger partial charge is 0.497 e. The Morgan fingerprint density at radius 1 is 1.13 bits per heavy atom. The first kappa shape index (κ1) is 20.3. The molecular weight excluding hydrogens is 396 g/mol. The van der Waals surface area contributed by atoms with Gasteiger partial charge in [0.1, 0.15) is 17.8 Å². The van der Waals surface area contributed by atoms with Crippen molar-refractivity contribution in [3.05, 3.63) is 66.6 Å². The van der Waals surface area contributed by atoms with Gasteiger partial charge in [0.15, 0.2) is 11.6 Å². The van der Waals surface area contributed by atoms with Gasteiger partial charge in [0.05, 0.1) is 12.7 Å². The summed E-state index contributed by atoms with van der Waals surface area (Å²) in [7, 11) is 1.59. The van der Waals surface area contributed by atoms with E-state index in [9.17, 15) is 4.79 Å². The molecule has 0 aliphatic rings. The highest BCUT2D eigenvalue weighted by atomic mass is 16.5. The molecule has 0 aliphatic heterocycles. The zero-order valence-corrected chi connectivity index (χ0v) is 17.7. The summed E-state index contributed by atoms with van der Waals surface area (Å²) in [5.41, 5.74) is 1.28. The number of hydrogen-bond acceptors (Lipinski definition) is 7. The number of methoxy groups -OCH3 is 1. The van der Waals surface area contributed by atoms with Crippen LogP contribution in [0.5, 0.6) is 5.75 Å². The van der Waals surface area contributed by atoms with Crippen LogP contribution in [0.4, 0.5) is 5.69 Å². The van der Waals surface area contributed by atoms with E-state index in [-0.39, 0.29) is 17.0 Å². The van der Waals surface area contributed by atoms with Crippen LogP contribution in [0.2, 0.25) is 0 Å². The van der Waals surface area contributed by atoms with Crippen LogP contribution in [0.1, 0.15) is 37.1 Å². The number of hydrogen-bond donors (Lipinski definition) is 1. The fourth-order valence-electron chi connectivity index (χ4n) is 2.83. The lowest BCUT2D eigenvalue weighted by atomic mass is 9.96. The number of anilines is 1. The molecule has 158 valence electrons. The number of amides is 1. The maximum Gasteiger partial charge on any atom is 0.275 e. The van der Waals surface area contributed by atoms with Crippen LogP contribution in [0, 0.1) is 0 Å². The maximum atomic E-state index is 12.6. The Balaban J connectivity index is 1.59. The Kier molecular flexibility index (Phi) is 5.24. The molecule has 0 bridgehead atoms. The van der Waals surface area contributed by atoms with Crippen molar-refractivity contribution in [2.75, 3.05) is 12.4 Å². The molecule has 0 saturated heterocycles. The van der Waals surface area contributed by atoms with Gasteiger partial charge in [0, 0.05) is 23.5 Å². The first-order valence-electron chi connectivity index (χ1n) is 9.64. The molecule has 31 heavy (non-hydrogen) atoms. The fourth-order valence-corrected chi connectivity index (χ4v) is 2.83. The third kappa shape index (κ3) is 4.30. The molecule has 0 saturated carbocycles. The Morgan fingerprint density at radius 3 is 2.58 bits per heavy atom. The molecule has 1 aromatic carbocycles. The zero-order chi connectivity index (χ0) is 22.0. The van der Waals surface area contributed by atoms with Crippen molar-refractivity contribution in [1.29, 1.82) is 0 Å². The van der Waals surface area contributed by atoms with E-state index < -0.39 is 0 Å².